The molecular formula is C20H15F5O. The molecule has 0 aromatic heterocycles. The number of benzene rings is 3. The zero-order valence-corrected chi connectivity index (χ0v) is 13.8. The quantitative estimate of drug-likeness (QED) is 0.378. The molecule has 3 aromatic carbocycles. The van der Waals surface area contributed by atoms with Crippen molar-refractivity contribution in [2.45, 2.75) is 25.9 Å². The molecule has 0 amide bonds. The Morgan fingerprint density at radius 2 is 1.58 bits per heavy atom. The molecule has 0 unspecified atom stereocenters. The maximum absolute atomic E-state index is 14.4. The third-order valence-corrected chi connectivity index (χ3v) is 4.02. The summed E-state index contributed by atoms with van der Waals surface area (Å²) in [5.74, 6) is -4.66. The third kappa shape index (κ3) is 3.49. The smallest absolute Gasteiger partial charge is 0.426 e. The van der Waals surface area contributed by atoms with Crippen molar-refractivity contribution in [3.8, 4) is 5.75 Å². The molecule has 0 aliphatic rings. The van der Waals surface area contributed by atoms with Gasteiger partial charge < -0.3 is 4.74 Å². The fourth-order valence-corrected chi connectivity index (χ4v) is 2.71. The molecule has 3 aromatic rings. The van der Waals surface area contributed by atoms with Crippen LogP contribution in [0.25, 0.3) is 10.8 Å². The lowest BCUT2D eigenvalue weighted by Gasteiger charge is -2.19. The Bertz CT molecular complexity index is 935. The number of aryl methyl sites for hydroxylation is 1. The summed E-state index contributed by atoms with van der Waals surface area (Å²) in [5.41, 5.74) is 0.597. The van der Waals surface area contributed by atoms with Crippen LogP contribution in [-0.4, -0.2) is 0 Å². The van der Waals surface area contributed by atoms with E-state index in [4.69, 9.17) is 4.74 Å². The minimum absolute atomic E-state index is 0.0759. The average molecular weight is 366 g/mol. The second-order valence-corrected chi connectivity index (χ2v) is 5.94. The van der Waals surface area contributed by atoms with Crippen LogP contribution in [-0.2, 0) is 12.5 Å². The molecule has 0 atom stereocenters. The van der Waals surface area contributed by atoms with Crippen LogP contribution in [0.1, 0.15) is 24.5 Å². The van der Waals surface area contributed by atoms with E-state index in [-0.39, 0.29) is 22.1 Å². The molecule has 0 bridgehead atoms. The molecule has 0 spiro atoms. The lowest BCUT2D eigenvalue weighted by molar-refractivity contribution is -0.185. The molecule has 3 rings (SSSR count). The van der Waals surface area contributed by atoms with Crippen molar-refractivity contribution in [2.24, 2.45) is 0 Å². The van der Waals surface area contributed by atoms with Gasteiger partial charge in [0.25, 0.3) is 0 Å². The predicted octanol–water partition coefficient (Wildman–Crippen LogP) is 6.34. The highest BCUT2D eigenvalue weighted by Gasteiger charge is 2.34. The van der Waals surface area contributed by atoms with Gasteiger partial charge in [0.2, 0.25) is 0 Å². The van der Waals surface area contributed by atoms with Crippen molar-refractivity contribution < 1.29 is 26.7 Å². The van der Waals surface area contributed by atoms with Crippen molar-refractivity contribution in [3.05, 3.63) is 77.1 Å². The normalized spacial score (nSPS) is 11.8. The number of halogens is 5. The molecule has 1 nitrogen and oxygen atoms in total. The van der Waals surface area contributed by atoms with E-state index in [0.29, 0.717) is 0 Å². The van der Waals surface area contributed by atoms with Crippen molar-refractivity contribution in [3.63, 3.8) is 0 Å². The van der Waals surface area contributed by atoms with Gasteiger partial charge in [-0.2, -0.15) is 8.78 Å². The average Bonchev–Trinajstić information content (AvgIpc) is 2.60. The van der Waals surface area contributed by atoms with E-state index in [9.17, 15) is 22.0 Å². The van der Waals surface area contributed by atoms with E-state index in [1.54, 1.807) is 12.1 Å². The van der Waals surface area contributed by atoms with Gasteiger partial charge in [-0.05, 0) is 53.8 Å². The first-order valence-electron chi connectivity index (χ1n) is 8.05. The van der Waals surface area contributed by atoms with Crippen LogP contribution in [0.15, 0.2) is 48.5 Å². The van der Waals surface area contributed by atoms with Crippen LogP contribution >= 0.6 is 0 Å². The van der Waals surface area contributed by atoms with Gasteiger partial charge >= 0.3 is 6.11 Å². The Morgan fingerprint density at radius 1 is 0.885 bits per heavy atom. The van der Waals surface area contributed by atoms with Crippen LogP contribution < -0.4 is 4.74 Å². The summed E-state index contributed by atoms with van der Waals surface area (Å²) in [5, 5.41) is -0.295. The summed E-state index contributed by atoms with van der Waals surface area (Å²) in [6, 6.07) is 9.69. The van der Waals surface area contributed by atoms with Crippen LogP contribution in [0.2, 0.25) is 0 Å². The first-order chi connectivity index (χ1) is 12.3. The van der Waals surface area contributed by atoms with Gasteiger partial charge in [-0.3, -0.25) is 0 Å². The summed E-state index contributed by atoms with van der Waals surface area (Å²) < 4.78 is 73.7. The molecule has 26 heavy (non-hydrogen) atoms. The van der Waals surface area contributed by atoms with E-state index in [0.717, 1.165) is 42.7 Å². The number of hydrogen-bond donors (Lipinski definition) is 0. The third-order valence-electron chi connectivity index (χ3n) is 4.02. The monoisotopic (exact) mass is 366 g/mol. The molecule has 0 saturated heterocycles. The largest absolute Gasteiger partial charge is 0.429 e. The van der Waals surface area contributed by atoms with Crippen molar-refractivity contribution in [1.29, 1.82) is 0 Å². The van der Waals surface area contributed by atoms with Crippen molar-refractivity contribution in [2.75, 3.05) is 0 Å². The number of rotatable bonds is 5. The van der Waals surface area contributed by atoms with Crippen molar-refractivity contribution >= 4 is 10.8 Å². The van der Waals surface area contributed by atoms with Gasteiger partial charge in [-0.25, -0.2) is 13.2 Å². The van der Waals surface area contributed by atoms with Gasteiger partial charge in [0.1, 0.15) is 5.75 Å². The molecule has 0 aliphatic heterocycles. The topological polar surface area (TPSA) is 9.23 Å². The van der Waals surface area contributed by atoms with Gasteiger partial charge in [0, 0.05) is 5.39 Å². The van der Waals surface area contributed by atoms with Gasteiger partial charge in [0.15, 0.2) is 17.5 Å². The van der Waals surface area contributed by atoms with Gasteiger partial charge in [0.05, 0.1) is 5.56 Å². The van der Waals surface area contributed by atoms with Crippen LogP contribution in [0.3, 0.4) is 0 Å². The van der Waals surface area contributed by atoms with Crippen LogP contribution in [0.5, 0.6) is 5.75 Å². The molecule has 0 saturated carbocycles. The molecule has 0 aliphatic carbocycles. The second kappa shape index (κ2) is 6.94. The fourth-order valence-electron chi connectivity index (χ4n) is 2.71. The highest BCUT2D eigenvalue weighted by Crippen LogP contribution is 2.34. The standard InChI is InChI=1S/C20H15F5O/c1-2-3-12-4-6-14(7-5-12)20(24,25)26-15-8-9-16-13(10-15)11-17(21)19(23)18(16)22/h4-11H,2-3H2,1H3. The van der Waals surface area contributed by atoms with Gasteiger partial charge in [-0.15, -0.1) is 0 Å². The summed E-state index contributed by atoms with van der Waals surface area (Å²) >= 11 is 0. The summed E-state index contributed by atoms with van der Waals surface area (Å²) in [4.78, 5) is 0. The summed E-state index contributed by atoms with van der Waals surface area (Å²) in [6.07, 6.45) is -1.95. The number of fused-ring (bicyclic) bond motifs is 1. The molecule has 6 heteroatoms. The number of alkyl halides is 2. The Labute approximate surface area is 147 Å². The summed E-state index contributed by atoms with van der Waals surface area (Å²) in [6.45, 7) is 1.99. The zero-order chi connectivity index (χ0) is 18.9. The Balaban J connectivity index is 1.90. The number of ether oxygens (including phenoxy) is 1. The van der Waals surface area contributed by atoms with Crippen molar-refractivity contribution in [1.82, 2.24) is 0 Å². The first-order valence-corrected chi connectivity index (χ1v) is 8.05. The fraction of sp³-hybridized carbons (Fsp3) is 0.200. The van der Waals surface area contributed by atoms with E-state index in [2.05, 4.69) is 0 Å². The van der Waals surface area contributed by atoms with E-state index in [1.165, 1.54) is 12.1 Å². The molecular weight excluding hydrogens is 351 g/mol. The highest BCUT2D eigenvalue weighted by molar-refractivity contribution is 5.84. The number of hydrogen-bond acceptors (Lipinski definition) is 1. The highest BCUT2D eigenvalue weighted by atomic mass is 19.3. The zero-order valence-electron chi connectivity index (χ0n) is 13.8. The molecule has 0 heterocycles. The van der Waals surface area contributed by atoms with Crippen LogP contribution in [0.4, 0.5) is 22.0 Å². The van der Waals surface area contributed by atoms with E-state index < -0.39 is 23.6 Å². The lowest BCUT2D eigenvalue weighted by Crippen LogP contribution is -2.21. The molecule has 0 N–H and O–H groups in total. The maximum Gasteiger partial charge on any atom is 0.426 e. The molecule has 0 fully saturated rings. The minimum Gasteiger partial charge on any atom is -0.429 e. The predicted molar refractivity (Wildman–Crippen MR) is 88.8 cm³/mol. The minimum atomic E-state index is -3.63. The lowest BCUT2D eigenvalue weighted by atomic mass is 10.1. The molecule has 136 valence electrons. The van der Waals surface area contributed by atoms with E-state index >= 15 is 0 Å². The molecule has 0 radical (unpaired) electrons. The Kier molecular flexibility index (Phi) is 4.85. The SMILES string of the molecule is CCCc1ccc(C(F)(F)Oc2ccc3c(F)c(F)c(F)cc3c2)cc1. The Hall–Kier alpha value is -2.63. The Morgan fingerprint density at radius 3 is 2.23 bits per heavy atom. The maximum atomic E-state index is 14.4. The van der Waals surface area contributed by atoms with Gasteiger partial charge in [-0.1, -0.05) is 25.5 Å². The summed E-state index contributed by atoms with van der Waals surface area (Å²) in [7, 11) is 0. The van der Waals surface area contributed by atoms with Crippen LogP contribution in [0, 0.1) is 17.5 Å². The second-order valence-electron chi connectivity index (χ2n) is 5.94. The van der Waals surface area contributed by atoms with E-state index in [1.807, 2.05) is 6.92 Å². The first kappa shape index (κ1) is 18.2.